The fourth-order valence-electron chi connectivity index (χ4n) is 9.81. The van der Waals surface area contributed by atoms with Crippen molar-refractivity contribution in [3.05, 3.63) is 234 Å². The van der Waals surface area contributed by atoms with Gasteiger partial charge in [0.1, 0.15) is 0 Å². The van der Waals surface area contributed by atoms with Gasteiger partial charge in [-0.3, -0.25) is 4.98 Å². The molecule has 0 bridgehead atoms. The van der Waals surface area contributed by atoms with Gasteiger partial charge in [-0.2, -0.15) is 0 Å². The SMILES string of the molecule is CC1(C)c2ccccc2C2(c3ccccc3-c3ccccc32)c2cc(-c3ccccc3-c3cc(-c4ccccc4)nc(-c4cccc(-c5ccccn5)c4)n3)ccc21. The van der Waals surface area contributed by atoms with Crippen LogP contribution in [0.5, 0.6) is 0 Å². The largest absolute Gasteiger partial charge is 0.256 e. The Balaban J connectivity index is 1.14. The molecular weight excluding hydrogens is 703 g/mol. The van der Waals surface area contributed by atoms with Crippen LogP contribution < -0.4 is 0 Å². The number of fused-ring (bicyclic) bond motifs is 9. The van der Waals surface area contributed by atoms with E-state index < -0.39 is 5.41 Å². The molecule has 3 nitrogen and oxygen atoms in total. The maximum absolute atomic E-state index is 5.36. The molecule has 3 heteroatoms. The molecular formula is C55H39N3. The Morgan fingerprint density at radius 2 is 0.897 bits per heavy atom. The van der Waals surface area contributed by atoms with Crippen molar-refractivity contribution in [3.63, 3.8) is 0 Å². The third-order valence-electron chi connectivity index (χ3n) is 12.4. The molecule has 0 saturated heterocycles. The van der Waals surface area contributed by atoms with E-state index in [1.807, 2.05) is 30.5 Å². The highest BCUT2D eigenvalue weighted by molar-refractivity contribution is 5.90. The van der Waals surface area contributed by atoms with Crippen molar-refractivity contribution in [2.75, 3.05) is 0 Å². The smallest absolute Gasteiger partial charge is 0.160 e. The Hall–Kier alpha value is -7.23. The molecule has 11 rings (SSSR count). The quantitative estimate of drug-likeness (QED) is 0.176. The van der Waals surface area contributed by atoms with Crippen LogP contribution in [0.25, 0.3) is 67.4 Å². The summed E-state index contributed by atoms with van der Waals surface area (Å²) in [5.74, 6) is 0.672. The van der Waals surface area contributed by atoms with Gasteiger partial charge in [-0.15, -0.1) is 0 Å². The predicted octanol–water partition coefficient (Wildman–Crippen LogP) is 13.2. The van der Waals surface area contributed by atoms with Crippen LogP contribution in [0.15, 0.2) is 200 Å². The van der Waals surface area contributed by atoms with Gasteiger partial charge in [0.2, 0.25) is 0 Å². The monoisotopic (exact) mass is 741 g/mol. The van der Waals surface area contributed by atoms with Crippen LogP contribution in [0.2, 0.25) is 0 Å². The van der Waals surface area contributed by atoms with Crippen molar-refractivity contribution < 1.29 is 0 Å². The van der Waals surface area contributed by atoms with Gasteiger partial charge >= 0.3 is 0 Å². The molecule has 0 radical (unpaired) electrons. The highest BCUT2D eigenvalue weighted by Gasteiger charge is 2.53. The molecule has 0 saturated carbocycles. The Bertz CT molecular complexity index is 2990. The molecule has 0 amide bonds. The topological polar surface area (TPSA) is 38.7 Å². The molecule has 58 heavy (non-hydrogen) atoms. The standard InChI is InChI=1S/C55H39N3/c1-54(2)46-27-12-13-28-48(46)55(44-25-10-8-22-41(44)42-23-9-11-26-45(42)55)49-34-37(30-31-47(49)54)40-21-6-7-24-43(40)52-35-51(36-17-4-3-5-18-36)57-53(58-52)39-20-16-19-38(33-39)50-29-14-15-32-56-50/h3-35H,1-2H3. The number of hydrogen-bond acceptors (Lipinski definition) is 3. The van der Waals surface area contributed by atoms with E-state index in [1.165, 1.54) is 44.5 Å². The fourth-order valence-corrected chi connectivity index (χ4v) is 9.81. The highest BCUT2D eigenvalue weighted by atomic mass is 14.9. The Morgan fingerprint density at radius 1 is 0.328 bits per heavy atom. The van der Waals surface area contributed by atoms with E-state index in [-0.39, 0.29) is 5.41 Å². The third-order valence-corrected chi connectivity index (χ3v) is 12.4. The summed E-state index contributed by atoms with van der Waals surface area (Å²) < 4.78 is 0. The summed E-state index contributed by atoms with van der Waals surface area (Å²) in [6.45, 7) is 4.77. The first-order valence-corrected chi connectivity index (χ1v) is 20.0. The number of hydrogen-bond donors (Lipinski definition) is 0. The summed E-state index contributed by atoms with van der Waals surface area (Å²) in [7, 11) is 0. The molecule has 2 aliphatic rings. The maximum atomic E-state index is 5.36. The van der Waals surface area contributed by atoms with E-state index >= 15 is 0 Å². The van der Waals surface area contributed by atoms with Crippen LogP contribution in [0, 0.1) is 0 Å². The van der Waals surface area contributed by atoms with Crippen molar-refractivity contribution in [3.8, 4) is 67.4 Å². The Morgan fingerprint density at radius 3 is 1.62 bits per heavy atom. The first-order chi connectivity index (χ1) is 28.5. The van der Waals surface area contributed by atoms with Crippen molar-refractivity contribution in [1.29, 1.82) is 0 Å². The minimum absolute atomic E-state index is 0.211. The number of aromatic nitrogens is 3. The average Bonchev–Trinajstić information content (AvgIpc) is 3.59. The van der Waals surface area contributed by atoms with Gasteiger partial charge in [-0.25, -0.2) is 9.97 Å². The second-order valence-corrected chi connectivity index (χ2v) is 15.9. The minimum atomic E-state index is -0.471. The minimum Gasteiger partial charge on any atom is -0.256 e. The third kappa shape index (κ3) is 5.10. The second-order valence-electron chi connectivity index (χ2n) is 15.9. The first kappa shape index (κ1) is 34.1. The van der Waals surface area contributed by atoms with E-state index in [9.17, 15) is 0 Å². The van der Waals surface area contributed by atoms with Crippen LogP contribution in [-0.2, 0) is 10.8 Å². The van der Waals surface area contributed by atoms with Crippen LogP contribution >= 0.6 is 0 Å². The molecule has 0 fully saturated rings. The summed E-state index contributed by atoms with van der Waals surface area (Å²) in [5.41, 5.74) is 19.0. The Labute approximate surface area is 339 Å². The van der Waals surface area contributed by atoms with Gasteiger partial charge in [0.05, 0.1) is 22.5 Å². The van der Waals surface area contributed by atoms with E-state index in [1.54, 1.807) is 0 Å². The van der Waals surface area contributed by atoms with E-state index in [4.69, 9.17) is 9.97 Å². The van der Waals surface area contributed by atoms with E-state index in [0.29, 0.717) is 5.82 Å². The average molecular weight is 742 g/mol. The van der Waals surface area contributed by atoms with E-state index in [0.717, 1.165) is 50.5 Å². The second kappa shape index (κ2) is 13.2. The Kier molecular flexibility index (Phi) is 7.74. The van der Waals surface area contributed by atoms with Gasteiger partial charge in [0, 0.05) is 33.9 Å². The van der Waals surface area contributed by atoms with Crippen LogP contribution in [-0.4, -0.2) is 15.0 Å². The molecule has 0 N–H and O–H groups in total. The number of benzene rings is 7. The van der Waals surface area contributed by atoms with Gasteiger partial charge < -0.3 is 0 Å². The molecule has 0 atom stereocenters. The predicted molar refractivity (Wildman–Crippen MR) is 236 cm³/mol. The number of rotatable bonds is 5. The molecule has 0 unspecified atom stereocenters. The zero-order chi connectivity index (χ0) is 38.8. The molecule has 1 spiro atoms. The van der Waals surface area contributed by atoms with Crippen LogP contribution in [0.3, 0.4) is 0 Å². The molecule has 7 aromatic carbocycles. The van der Waals surface area contributed by atoms with Gasteiger partial charge in [0.15, 0.2) is 5.82 Å². The summed E-state index contributed by atoms with van der Waals surface area (Å²) in [4.78, 5) is 15.2. The van der Waals surface area contributed by atoms with Crippen LogP contribution in [0.4, 0.5) is 0 Å². The van der Waals surface area contributed by atoms with Gasteiger partial charge in [0.25, 0.3) is 0 Å². The zero-order valence-electron chi connectivity index (χ0n) is 32.4. The lowest BCUT2D eigenvalue weighted by Crippen LogP contribution is -2.40. The fraction of sp³-hybridized carbons (Fsp3) is 0.0727. The van der Waals surface area contributed by atoms with Gasteiger partial charge in [-0.05, 0) is 86.0 Å². The lowest BCUT2D eigenvalue weighted by molar-refractivity contribution is 0.563. The van der Waals surface area contributed by atoms with Crippen molar-refractivity contribution in [2.24, 2.45) is 0 Å². The normalized spacial score (nSPS) is 14.0. The molecule has 0 aliphatic heterocycles. The molecule has 9 aromatic rings. The lowest BCUT2D eigenvalue weighted by atomic mass is 9.55. The molecule has 274 valence electrons. The molecule has 2 aromatic heterocycles. The van der Waals surface area contributed by atoms with Crippen molar-refractivity contribution in [2.45, 2.75) is 24.7 Å². The zero-order valence-corrected chi connectivity index (χ0v) is 32.4. The summed E-state index contributed by atoms with van der Waals surface area (Å²) in [5, 5.41) is 0. The molecule has 2 aliphatic carbocycles. The highest BCUT2D eigenvalue weighted by Crippen LogP contribution is 2.62. The van der Waals surface area contributed by atoms with Crippen LogP contribution in [0.1, 0.15) is 47.2 Å². The van der Waals surface area contributed by atoms with Crippen molar-refractivity contribution >= 4 is 0 Å². The van der Waals surface area contributed by atoms with E-state index in [2.05, 4.69) is 189 Å². The number of pyridine rings is 1. The maximum Gasteiger partial charge on any atom is 0.160 e. The summed E-state index contributed by atoms with van der Waals surface area (Å²) >= 11 is 0. The van der Waals surface area contributed by atoms with Gasteiger partial charge in [-0.1, -0.05) is 178 Å². The first-order valence-electron chi connectivity index (χ1n) is 20.0. The lowest BCUT2D eigenvalue weighted by Gasteiger charge is -2.47. The summed E-state index contributed by atoms with van der Waals surface area (Å²) in [6.07, 6.45) is 1.83. The molecule has 2 heterocycles. The number of nitrogens with zero attached hydrogens (tertiary/aromatic N) is 3. The van der Waals surface area contributed by atoms with Crippen molar-refractivity contribution in [1.82, 2.24) is 15.0 Å². The summed E-state index contributed by atoms with van der Waals surface area (Å²) in [6, 6.07) is 70.0.